The molecule has 0 bridgehead atoms. The molecule has 164 valence electrons. The number of aromatic nitrogens is 1. The Morgan fingerprint density at radius 2 is 1.81 bits per heavy atom. The van der Waals surface area contributed by atoms with Gasteiger partial charge >= 0.3 is 0 Å². The summed E-state index contributed by atoms with van der Waals surface area (Å²) >= 11 is 0. The molecule has 0 N–H and O–H groups in total. The molecule has 2 aliphatic heterocycles. The molecule has 2 amide bonds. The molecule has 1 atom stereocenters. The molecule has 3 aromatic rings. The first-order chi connectivity index (χ1) is 15.5. The SMILES string of the molecule is CN(C)C(=O)c1cc([C@H]2CCN(C(=O)c3ccc4c(c3)OCCO4)C2)nc2ccccc12. The van der Waals surface area contributed by atoms with Gasteiger partial charge in [-0.1, -0.05) is 18.2 Å². The Morgan fingerprint density at radius 1 is 1.03 bits per heavy atom. The topological polar surface area (TPSA) is 72.0 Å². The van der Waals surface area contributed by atoms with Gasteiger partial charge in [-0.2, -0.15) is 0 Å². The molecule has 0 radical (unpaired) electrons. The minimum Gasteiger partial charge on any atom is -0.486 e. The van der Waals surface area contributed by atoms with Gasteiger partial charge in [-0.15, -0.1) is 0 Å². The van der Waals surface area contributed by atoms with Crippen molar-refractivity contribution < 1.29 is 19.1 Å². The van der Waals surface area contributed by atoms with E-state index in [1.807, 2.05) is 35.2 Å². The normalized spacial score (nSPS) is 17.4. The minimum absolute atomic E-state index is 0.0325. The lowest BCUT2D eigenvalue weighted by Crippen LogP contribution is -2.29. The summed E-state index contributed by atoms with van der Waals surface area (Å²) < 4.78 is 11.2. The number of carbonyl (C=O) groups excluding carboxylic acids is 2. The summed E-state index contributed by atoms with van der Waals surface area (Å²) in [6.07, 6.45) is 0.803. The first-order valence-electron chi connectivity index (χ1n) is 10.8. The second-order valence-electron chi connectivity index (χ2n) is 8.41. The first kappa shape index (κ1) is 20.3. The van der Waals surface area contributed by atoms with Crippen molar-refractivity contribution in [1.29, 1.82) is 0 Å². The van der Waals surface area contributed by atoms with Crippen LogP contribution in [0, 0.1) is 0 Å². The number of hydrogen-bond acceptors (Lipinski definition) is 5. The fourth-order valence-corrected chi connectivity index (χ4v) is 4.37. The van der Waals surface area contributed by atoms with Gasteiger partial charge in [0.15, 0.2) is 11.5 Å². The Bertz CT molecular complexity index is 1210. The summed E-state index contributed by atoms with van der Waals surface area (Å²) in [6, 6.07) is 14.9. The van der Waals surface area contributed by atoms with Crippen molar-refractivity contribution in [1.82, 2.24) is 14.8 Å². The number of pyridine rings is 1. The van der Waals surface area contributed by atoms with Gasteiger partial charge < -0.3 is 19.3 Å². The van der Waals surface area contributed by atoms with Gasteiger partial charge in [0.25, 0.3) is 11.8 Å². The third-order valence-electron chi connectivity index (χ3n) is 6.06. The van der Waals surface area contributed by atoms with Crippen LogP contribution in [0.1, 0.15) is 38.7 Å². The molecule has 2 aliphatic rings. The number of para-hydroxylation sites is 1. The maximum Gasteiger partial charge on any atom is 0.254 e. The summed E-state index contributed by atoms with van der Waals surface area (Å²) in [5, 5.41) is 0.845. The number of ether oxygens (including phenoxy) is 2. The van der Waals surface area contributed by atoms with E-state index in [0.29, 0.717) is 48.9 Å². The van der Waals surface area contributed by atoms with Gasteiger partial charge in [0.05, 0.1) is 11.1 Å². The summed E-state index contributed by atoms with van der Waals surface area (Å²) in [7, 11) is 3.50. The second kappa shape index (κ2) is 8.15. The molecule has 1 saturated heterocycles. The maximum atomic E-state index is 13.1. The van der Waals surface area contributed by atoms with Crippen molar-refractivity contribution in [2.45, 2.75) is 12.3 Å². The van der Waals surface area contributed by atoms with Crippen LogP contribution in [0.2, 0.25) is 0 Å². The quantitative estimate of drug-likeness (QED) is 0.636. The Kier molecular flexibility index (Phi) is 5.17. The van der Waals surface area contributed by atoms with Crippen molar-refractivity contribution in [3.8, 4) is 11.5 Å². The summed E-state index contributed by atoms with van der Waals surface area (Å²) in [4.78, 5) is 34.2. The standard InChI is InChI=1S/C25H25N3O4/c1-27(2)25(30)19-14-21(26-20-6-4-3-5-18(19)20)17-9-10-28(15-17)24(29)16-7-8-22-23(13-16)32-12-11-31-22/h3-8,13-14,17H,9-12,15H2,1-2H3/t17-/m0/s1. The third kappa shape index (κ3) is 3.64. The number of nitrogens with zero attached hydrogens (tertiary/aromatic N) is 3. The van der Waals surface area contributed by atoms with E-state index in [0.717, 1.165) is 23.0 Å². The van der Waals surface area contributed by atoms with Gasteiger partial charge in [-0.3, -0.25) is 14.6 Å². The van der Waals surface area contributed by atoms with E-state index in [9.17, 15) is 9.59 Å². The highest BCUT2D eigenvalue weighted by Gasteiger charge is 2.30. The Labute approximate surface area is 186 Å². The third-order valence-corrected chi connectivity index (χ3v) is 6.06. The second-order valence-corrected chi connectivity index (χ2v) is 8.41. The predicted molar refractivity (Wildman–Crippen MR) is 120 cm³/mol. The number of fused-ring (bicyclic) bond motifs is 2. The van der Waals surface area contributed by atoms with Crippen molar-refractivity contribution in [3.63, 3.8) is 0 Å². The van der Waals surface area contributed by atoms with Crippen LogP contribution in [0.4, 0.5) is 0 Å². The monoisotopic (exact) mass is 431 g/mol. The van der Waals surface area contributed by atoms with Gasteiger partial charge in [-0.25, -0.2) is 0 Å². The van der Waals surface area contributed by atoms with Crippen LogP contribution < -0.4 is 9.47 Å². The molecular weight excluding hydrogens is 406 g/mol. The Balaban J connectivity index is 1.40. The molecule has 3 heterocycles. The lowest BCUT2D eigenvalue weighted by Gasteiger charge is -2.21. The van der Waals surface area contributed by atoms with E-state index in [4.69, 9.17) is 14.5 Å². The molecular formula is C25H25N3O4. The number of benzene rings is 2. The molecule has 0 saturated carbocycles. The van der Waals surface area contributed by atoms with Crippen molar-refractivity contribution >= 4 is 22.7 Å². The smallest absolute Gasteiger partial charge is 0.254 e. The number of carbonyl (C=O) groups is 2. The van der Waals surface area contributed by atoms with Gasteiger partial charge in [0.1, 0.15) is 13.2 Å². The van der Waals surface area contributed by atoms with Gasteiger partial charge in [0, 0.05) is 49.7 Å². The average molecular weight is 431 g/mol. The van der Waals surface area contributed by atoms with E-state index in [1.165, 1.54) is 0 Å². The largest absolute Gasteiger partial charge is 0.486 e. The van der Waals surface area contributed by atoms with E-state index >= 15 is 0 Å². The number of hydrogen-bond donors (Lipinski definition) is 0. The molecule has 7 heteroatoms. The van der Waals surface area contributed by atoms with Crippen LogP contribution >= 0.6 is 0 Å². The van der Waals surface area contributed by atoms with Crippen LogP contribution in [0.5, 0.6) is 11.5 Å². The molecule has 1 fully saturated rings. The average Bonchev–Trinajstić information content (AvgIpc) is 3.32. The summed E-state index contributed by atoms with van der Waals surface area (Å²) in [6.45, 7) is 2.21. The lowest BCUT2D eigenvalue weighted by molar-refractivity contribution is 0.0787. The number of amides is 2. The molecule has 5 rings (SSSR count). The van der Waals surface area contributed by atoms with Crippen molar-refractivity contribution in [2.24, 2.45) is 0 Å². The van der Waals surface area contributed by atoms with Crippen LogP contribution in [0.3, 0.4) is 0 Å². The first-order valence-corrected chi connectivity index (χ1v) is 10.8. The van der Waals surface area contributed by atoms with E-state index in [1.54, 1.807) is 37.2 Å². The van der Waals surface area contributed by atoms with Gasteiger partial charge in [0.2, 0.25) is 0 Å². The zero-order valence-electron chi connectivity index (χ0n) is 18.2. The molecule has 0 aliphatic carbocycles. The van der Waals surface area contributed by atoms with E-state index in [-0.39, 0.29) is 17.7 Å². The maximum absolute atomic E-state index is 13.1. The van der Waals surface area contributed by atoms with Crippen LogP contribution in [-0.2, 0) is 0 Å². The highest BCUT2D eigenvalue weighted by molar-refractivity contribution is 6.06. The van der Waals surface area contributed by atoms with Crippen LogP contribution in [-0.4, -0.2) is 67.0 Å². The molecule has 2 aromatic carbocycles. The minimum atomic E-state index is -0.0490. The molecule has 1 aromatic heterocycles. The van der Waals surface area contributed by atoms with Crippen LogP contribution in [0.15, 0.2) is 48.5 Å². The van der Waals surface area contributed by atoms with Crippen molar-refractivity contribution in [3.05, 3.63) is 65.4 Å². The number of likely N-dealkylation sites (tertiary alicyclic amines) is 1. The van der Waals surface area contributed by atoms with Gasteiger partial charge in [-0.05, 0) is 36.8 Å². The molecule has 7 nitrogen and oxygen atoms in total. The fourth-order valence-electron chi connectivity index (χ4n) is 4.37. The van der Waals surface area contributed by atoms with E-state index < -0.39 is 0 Å². The summed E-state index contributed by atoms with van der Waals surface area (Å²) in [5.41, 5.74) is 2.88. The zero-order valence-corrected chi connectivity index (χ0v) is 18.2. The van der Waals surface area contributed by atoms with E-state index in [2.05, 4.69) is 0 Å². The highest BCUT2D eigenvalue weighted by atomic mass is 16.6. The fraction of sp³-hybridized carbons (Fsp3) is 0.320. The molecule has 32 heavy (non-hydrogen) atoms. The molecule has 0 unspecified atom stereocenters. The summed E-state index contributed by atoms with van der Waals surface area (Å²) in [5.74, 6) is 1.28. The van der Waals surface area contributed by atoms with Crippen molar-refractivity contribution in [2.75, 3.05) is 40.4 Å². The Hall–Kier alpha value is -3.61. The lowest BCUT2D eigenvalue weighted by atomic mass is 9.99. The zero-order chi connectivity index (χ0) is 22.2. The predicted octanol–water partition coefficient (Wildman–Crippen LogP) is 3.34. The Morgan fingerprint density at radius 3 is 2.62 bits per heavy atom. The highest BCUT2D eigenvalue weighted by Crippen LogP contribution is 2.33. The number of rotatable bonds is 3. The molecule has 0 spiro atoms. The van der Waals surface area contributed by atoms with Crippen LogP contribution in [0.25, 0.3) is 10.9 Å².